The Morgan fingerprint density at radius 1 is 1.29 bits per heavy atom. The maximum atomic E-state index is 12.3. The molecule has 3 atom stereocenters. The summed E-state index contributed by atoms with van der Waals surface area (Å²) < 4.78 is 4.50. The Hall–Kier alpha value is -2.03. The summed E-state index contributed by atoms with van der Waals surface area (Å²) in [5, 5.41) is 21.3. The molecule has 2 aliphatic heterocycles. The molecule has 0 aromatic carbocycles. The first-order valence-electron chi connectivity index (χ1n) is 6.73. The standard InChI is InChI=1S/C12H19N3O6/c1-21-11(19)13-7-2-3-14(5-7)12(20)15-6-8(16)4-9(15)10(17)18/h7-9,16H,2-6H2,1H3,(H,13,19)(H,17,18)/t7?,8-,9-/m1/s1. The highest BCUT2D eigenvalue weighted by atomic mass is 16.5. The Balaban J connectivity index is 1.95. The lowest BCUT2D eigenvalue weighted by Gasteiger charge is -2.27. The summed E-state index contributed by atoms with van der Waals surface area (Å²) in [7, 11) is 1.26. The molecule has 2 saturated heterocycles. The number of amides is 3. The number of ether oxygens (including phenoxy) is 1. The van der Waals surface area contributed by atoms with Gasteiger partial charge in [-0.2, -0.15) is 0 Å². The molecule has 9 nitrogen and oxygen atoms in total. The first-order chi connectivity index (χ1) is 9.92. The van der Waals surface area contributed by atoms with Crippen LogP contribution in [0.4, 0.5) is 9.59 Å². The number of carboxylic acid groups (broad SMARTS) is 1. The minimum absolute atomic E-state index is 0.0153. The predicted octanol–water partition coefficient (Wildman–Crippen LogP) is -0.943. The third-order valence-corrected chi connectivity index (χ3v) is 3.78. The number of nitrogens with one attached hydrogen (secondary N) is 1. The molecule has 9 heteroatoms. The molecule has 2 fully saturated rings. The topological polar surface area (TPSA) is 119 Å². The number of methoxy groups -OCH3 is 1. The van der Waals surface area contributed by atoms with Gasteiger partial charge in [-0.25, -0.2) is 14.4 Å². The van der Waals surface area contributed by atoms with Crippen molar-refractivity contribution in [1.82, 2.24) is 15.1 Å². The molecule has 0 bridgehead atoms. The number of rotatable bonds is 2. The van der Waals surface area contributed by atoms with E-state index in [-0.39, 0.29) is 19.0 Å². The van der Waals surface area contributed by atoms with Gasteiger partial charge < -0.3 is 30.1 Å². The highest BCUT2D eigenvalue weighted by molar-refractivity contribution is 5.83. The maximum absolute atomic E-state index is 12.3. The molecule has 0 aromatic rings. The SMILES string of the molecule is COC(=O)NC1CCN(C(=O)N2C[C@H](O)C[C@@H]2C(=O)O)C1. The minimum Gasteiger partial charge on any atom is -0.480 e. The van der Waals surface area contributed by atoms with Crippen molar-refractivity contribution in [1.29, 1.82) is 0 Å². The van der Waals surface area contributed by atoms with Gasteiger partial charge in [0.25, 0.3) is 0 Å². The molecule has 1 unspecified atom stereocenters. The van der Waals surface area contributed by atoms with Crippen molar-refractivity contribution in [3.8, 4) is 0 Å². The number of hydrogen-bond acceptors (Lipinski definition) is 5. The molecule has 118 valence electrons. The molecule has 0 saturated carbocycles. The first kappa shape index (κ1) is 15.4. The second kappa shape index (κ2) is 6.17. The van der Waals surface area contributed by atoms with Crippen LogP contribution in [0.2, 0.25) is 0 Å². The number of aliphatic hydroxyl groups is 1. The van der Waals surface area contributed by atoms with E-state index in [4.69, 9.17) is 5.11 Å². The van der Waals surface area contributed by atoms with Crippen molar-refractivity contribution in [2.45, 2.75) is 31.0 Å². The van der Waals surface area contributed by atoms with Crippen LogP contribution in [0.15, 0.2) is 0 Å². The quantitative estimate of drug-likeness (QED) is 0.605. The minimum atomic E-state index is -1.12. The molecule has 3 N–H and O–H groups in total. The second-order valence-electron chi connectivity index (χ2n) is 5.25. The van der Waals surface area contributed by atoms with Gasteiger partial charge in [-0.05, 0) is 6.42 Å². The lowest BCUT2D eigenvalue weighted by Crippen LogP contribution is -2.48. The third-order valence-electron chi connectivity index (χ3n) is 3.78. The molecule has 2 heterocycles. The van der Waals surface area contributed by atoms with Crippen molar-refractivity contribution in [2.24, 2.45) is 0 Å². The first-order valence-corrected chi connectivity index (χ1v) is 6.73. The monoisotopic (exact) mass is 301 g/mol. The lowest BCUT2D eigenvalue weighted by atomic mass is 10.2. The average Bonchev–Trinajstić information content (AvgIpc) is 3.04. The van der Waals surface area contributed by atoms with E-state index in [9.17, 15) is 19.5 Å². The van der Waals surface area contributed by atoms with Crippen LogP contribution in [0.25, 0.3) is 0 Å². The Labute approximate surface area is 121 Å². The third kappa shape index (κ3) is 3.35. The van der Waals surface area contributed by atoms with Gasteiger partial charge in [-0.3, -0.25) is 0 Å². The van der Waals surface area contributed by atoms with Crippen molar-refractivity contribution >= 4 is 18.1 Å². The zero-order valence-corrected chi connectivity index (χ0v) is 11.7. The van der Waals surface area contributed by atoms with E-state index in [1.807, 2.05) is 0 Å². The van der Waals surface area contributed by atoms with E-state index in [1.54, 1.807) is 0 Å². The number of likely N-dealkylation sites (tertiary alicyclic amines) is 2. The van der Waals surface area contributed by atoms with Gasteiger partial charge in [0.15, 0.2) is 0 Å². The molecule has 2 rings (SSSR count). The number of alkyl carbamates (subject to hydrolysis) is 1. The van der Waals surface area contributed by atoms with Crippen LogP contribution in [0, 0.1) is 0 Å². The van der Waals surface area contributed by atoms with Crippen LogP contribution in [0.3, 0.4) is 0 Å². The smallest absolute Gasteiger partial charge is 0.407 e. The van der Waals surface area contributed by atoms with Gasteiger partial charge in [-0.15, -0.1) is 0 Å². The fraction of sp³-hybridized carbons (Fsp3) is 0.750. The maximum Gasteiger partial charge on any atom is 0.407 e. The van der Waals surface area contributed by atoms with E-state index in [1.165, 1.54) is 16.9 Å². The van der Waals surface area contributed by atoms with Gasteiger partial charge in [-0.1, -0.05) is 0 Å². The van der Waals surface area contributed by atoms with Crippen LogP contribution in [-0.4, -0.2) is 83.0 Å². The Morgan fingerprint density at radius 3 is 2.62 bits per heavy atom. The zero-order chi connectivity index (χ0) is 15.6. The summed E-state index contributed by atoms with van der Waals surface area (Å²) in [4.78, 5) is 37.3. The van der Waals surface area contributed by atoms with Crippen molar-refractivity contribution in [3.63, 3.8) is 0 Å². The molecular weight excluding hydrogens is 282 g/mol. The Kier molecular flexibility index (Phi) is 4.51. The molecule has 3 amide bonds. The highest BCUT2D eigenvalue weighted by Crippen LogP contribution is 2.22. The summed E-state index contributed by atoms with van der Waals surface area (Å²) in [6, 6.07) is -1.63. The summed E-state index contributed by atoms with van der Waals surface area (Å²) in [6.45, 7) is 0.737. The van der Waals surface area contributed by atoms with Crippen molar-refractivity contribution in [3.05, 3.63) is 0 Å². The highest BCUT2D eigenvalue weighted by Gasteiger charge is 2.42. The van der Waals surface area contributed by atoms with Crippen LogP contribution in [0.5, 0.6) is 0 Å². The molecule has 0 aliphatic carbocycles. The number of carbonyl (C=O) groups excluding carboxylic acids is 2. The molecule has 0 aromatic heterocycles. The van der Waals surface area contributed by atoms with Crippen LogP contribution in [-0.2, 0) is 9.53 Å². The predicted molar refractivity (Wildman–Crippen MR) is 69.7 cm³/mol. The van der Waals surface area contributed by atoms with E-state index >= 15 is 0 Å². The molecular formula is C12H19N3O6. The van der Waals surface area contributed by atoms with Crippen LogP contribution in [0.1, 0.15) is 12.8 Å². The van der Waals surface area contributed by atoms with Crippen molar-refractivity contribution < 1.29 is 29.3 Å². The normalized spacial score (nSPS) is 28.6. The van der Waals surface area contributed by atoms with Gasteiger partial charge in [0, 0.05) is 26.1 Å². The number of aliphatic hydroxyl groups excluding tert-OH is 1. The number of nitrogens with zero attached hydrogens (tertiary/aromatic N) is 2. The number of carbonyl (C=O) groups is 3. The number of hydrogen-bond donors (Lipinski definition) is 3. The van der Waals surface area contributed by atoms with Gasteiger partial charge in [0.1, 0.15) is 6.04 Å². The van der Waals surface area contributed by atoms with E-state index < -0.39 is 30.2 Å². The summed E-state index contributed by atoms with van der Waals surface area (Å²) in [6.07, 6.45) is -0.760. The number of aliphatic carboxylic acids is 1. The zero-order valence-electron chi connectivity index (χ0n) is 11.7. The number of β-amino-alcohol motifs (C(OH)–C–C–N with tert-alkyl or cyclic N) is 1. The molecule has 21 heavy (non-hydrogen) atoms. The van der Waals surface area contributed by atoms with E-state index in [0.29, 0.717) is 19.5 Å². The second-order valence-corrected chi connectivity index (χ2v) is 5.25. The fourth-order valence-corrected chi connectivity index (χ4v) is 2.72. The van der Waals surface area contributed by atoms with Crippen LogP contribution >= 0.6 is 0 Å². The molecule has 2 aliphatic rings. The van der Waals surface area contributed by atoms with E-state index in [0.717, 1.165) is 0 Å². The van der Waals surface area contributed by atoms with Gasteiger partial charge >= 0.3 is 18.1 Å². The van der Waals surface area contributed by atoms with Gasteiger partial charge in [0.05, 0.1) is 19.3 Å². The Bertz CT molecular complexity index is 443. The number of carboxylic acids is 1. The lowest BCUT2D eigenvalue weighted by molar-refractivity contribution is -0.141. The summed E-state index contributed by atoms with van der Waals surface area (Å²) >= 11 is 0. The molecule has 0 spiro atoms. The average molecular weight is 301 g/mol. The summed E-state index contributed by atoms with van der Waals surface area (Å²) in [5.41, 5.74) is 0. The van der Waals surface area contributed by atoms with Crippen LogP contribution < -0.4 is 5.32 Å². The summed E-state index contributed by atoms with van der Waals surface area (Å²) in [5.74, 6) is -1.12. The fourth-order valence-electron chi connectivity index (χ4n) is 2.72. The largest absolute Gasteiger partial charge is 0.480 e. The molecule has 0 radical (unpaired) electrons. The van der Waals surface area contributed by atoms with Gasteiger partial charge in [0.2, 0.25) is 0 Å². The Morgan fingerprint density at radius 2 is 2.00 bits per heavy atom. The number of urea groups is 1. The van der Waals surface area contributed by atoms with E-state index in [2.05, 4.69) is 10.1 Å². The van der Waals surface area contributed by atoms with Crippen molar-refractivity contribution in [2.75, 3.05) is 26.7 Å².